The van der Waals surface area contributed by atoms with E-state index in [1.54, 1.807) is 41.3 Å². The molecule has 0 saturated heterocycles. The second-order valence-corrected chi connectivity index (χ2v) is 5.73. The van der Waals surface area contributed by atoms with Crippen LogP contribution >= 0.6 is 0 Å². The summed E-state index contributed by atoms with van der Waals surface area (Å²) in [5.74, 6) is -0.480. The normalized spacial score (nSPS) is 10.4. The van der Waals surface area contributed by atoms with Gasteiger partial charge in [-0.3, -0.25) is 9.59 Å². The zero-order chi connectivity index (χ0) is 18.2. The second-order valence-electron chi connectivity index (χ2n) is 5.73. The Morgan fingerprint density at radius 1 is 1.04 bits per heavy atom. The van der Waals surface area contributed by atoms with Crippen molar-refractivity contribution in [3.63, 3.8) is 0 Å². The van der Waals surface area contributed by atoms with Crippen LogP contribution in [-0.2, 0) is 11.2 Å². The molecule has 25 heavy (non-hydrogen) atoms. The highest BCUT2D eigenvalue weighted by Crippen LogP contribution is 2.14. The Morgan fingerprint density at radius 2 is 1.72 bits per heavy atom. The Kier molecular flexibility index (Phi) is 6.69. The van der Waals surface area contributed by atoms with E-state index in [0.717, 1.165) is 5.56 Å². The van der Waals surface area contributed by atoms with Gasteiger partial charge in [0, 0.05) is 30.8 Å². The van der Waals surface area contributed by atoms with Crippen LogP contribution in [0.1, 0.15) is 36.2 Å². The third-order valence-electron chi connectivity index (χ3n) is 4.00. The van der Waals surface area contributed by atoms with Crippen LogP contribution in [0.2, 0.25) is 0 Å². The summed E-state index contributed by atoms with van der Waals surface area (Å²) in [4.78, 5) is 26.2. The van der Waals surface area contributed by atoms with Gasteiger partial charge in [0.15, 0.2) is 0 Å². The van der Waals surface area contributed by atoms with Crippen molar-refractivity contribution in [2.24, 2.45) is 0 Å². The number of rotatable bonds is 7. The molecule has 0 atom stereocenters. The van der Waals surface area contributed by atoms with Crippen molar-refractivity contribution in [2.75, 3.05) is 18.4 Å². The van der Waals surface area contributed by atoms with E-state index in [-0.39, 0.29) is 17.6 Å². The maximum absolute atomic E-state index is 12.9. The number of halogens is 1. The summed E-state index contributed by atoms with van der Waals surface area (Å²) in [6.45, 7) is 5.15. The molecule has 4 nitrogen and oxygen atoms in total. The van der Waals surface area contributed by atoms with Crippen LogP contribution in [0.15, 0.2) is 48.5 Å². The minimum atomic E-state index is -0.289. The van der Waals surface area contributed by atoms with E-state index in [1.165, 1.54) is 12.1 Å². The van der Waals surface area contributed by atoms with Gasteiger partial charge in [0.2, 0.25) is 5.91 Å². The molecule has 2 aromatic rings. The molecule has 0 spiro atoms. The fourth-order valence-electron chi connectivity index (χ4n) is 2.56. The SMILES string of the molecule is CCN(CC)C(=O)c1cccc(NC(=O)CCc2ccc(F)cc2)c1. The molecule has 0 aliphatic rings. The minimum Gasteiger partial charge on any atom is -0.339 e. The van der Waals surface area contributed by atoms with Gasteiger partial charge in [-0.15, -0.1) is 0 Å². The summed E-state index contributed by atoms with van der Waals surface area (Å²) in [6.07, 6.45) is 0.823. The van der Waals surface area contributed by atoms with E-state index >= 15 is 0 Å². The first-order chi connectivity index (χ1) is 12.0. The number of hydrogen-bond donors (Lipinski definition) is 1. The molecule has 2 amide bonds. The molecule has 5 heteroatoms. The smallest absolute Gasteiger partial charge is 0.253 e. The topological polar surface area (TPSA) is 49.4 Å². The van der Waals surface area contributed by atoms with E-state index in [4.69, 9.17) is 0 Å². The number of carbonyl (C=O) groups is 2. The highest BCUT2D eigenvalue weighted by Gasteiger charge is 2.13. The van der Waals surface area contributed by atoms with Crippen LogP contribution in [0.4, 0.5) is 10.1 Å². The molecule has 2 rings (SSSR count). The van der Waals surface area contributed by atoms with Crippen LogP contribution in [0.3, 0.4) is 0 Å². The number of aryl methyl sites for hydroxylation is 1. The van der Waals surface area contributed by atoms with Crippen molar-refractivity contribution in [2.45, 2.75) is 26.7 Å². The standard InChI is InChI=1S/C20H23FN2O2/c1-3-23(4-2)20(25)16-6-5-7-18(14-16)22-19(24)13-10-15-8-11-17(21)12-9-15/h5-9,11-12,14H,3-4,10,13H2,1-2H3,(H,22,24). The largest absolute Gasteiger partial charge is 0.339 e. The molecule has 0 fully saturated rings. The maximum atomic E-state index is 12.9. The Bertz CT molecular complexity index is 725. The van der Waals surface area contributed by atoms with E-state index in [9.17, 15) is 14.0 Å². The zero-order valence-electron chi connectivity index (χ0n) is 14.6. The third kappa shape index (κ3) is 5.41. The summed E-state index contributed by atoms with van der Waals surface area (Å²) >= 11 is 0. The second kappa shape index (κ2) is 8.97. The number of amides is 2. The van der Waals surface area contributed by atoms with Crippen molar-refractivity contribution in [1.82, 2.24) is 4.90 Å². The highest BCUT2D eigenvalue weighted by molar-refractivity contribution is 5.97. The Labute approximate surface area is 147 Å². The quantitative estimate of drug-likeness (QED) is 0.830. The number of nitrogens with one attached hydrogen (secondary N) is 1. The molecule has 2 aromatic carbocycles. The first-order valence-electron chi connectivity index (χ1n) is 8.47. The lowest BCUT2D eigenvalue weighted by Gasteiger charge is -2.19. The molecule has 0 saturated carbocycles. The molecule has 0 unspecified atom stereocenters. The van der Waals surface area contributed by atoms with E-state index in [0.29, 0.717) is 37.2 Å². The highest BCUT2D eigenvalue weighted by atomic mass is 19.1. The summed E-state index contributed by atoms with van der Waals surface area (Å²) in [5, 5.41) is 2.81. The Hall–Kier alpha value is -2.69. The molecule has 0 aromatic heterocycles. The monoisotopic (exact) mass is 342 g/mol. The molecule has 0 bridgehead atoms. The van der Waals surface area contributed by atoms with Crippen LogP contribution in [-0.4, -0.2) is 29.8 Å². The van der Waals surface area contributed by atoms with Crippen LogP contribution in [0.5, 0.6) is 0 Å². The fourth-order valence-corrected chi connectivity index (χ4v) is 2.56. The van der Waals surface area contributed by atoms with Crippen LogP contribution in [0.25, 0.3) is 0 Å². The first kappa shape index (κ1) is 18.6. The molecule has 0 radical (unpaired) electrons. The van der Waals surface area contributed by atoms with E-state index in [2.05, 4.69) is 5.32 Å². The summed E-state index contributed by atoms with van der Waals surface area (Å²) < 4.78 is 12.9. The van der Waals surface area contributed by atoms with E-state index < -0.39 is 0 Å². The van der Waals surface area contributed by atoms with Crippen LogP contribution < -0.4 is 5.32 Å². The van der Waals surface area contributed by atoms with Gasteiger partial charge in [0.05, 0.1) is 0 Å². The number of carbonyl (C=O) groups excluding carboxylic acids is 2. The van der Waals surface area contributed by atoms with Gasteiger partial charge in [-0.25, -0.2) is 4.39 Å². The predicted octanol–water partition coefficient (Wildman–Crippen LogP) is 3.88. The molecule has 1 N–H and O–H groups in total. The van der Waals surface area contributed by atoms with Gasteiger partial charge in [-0.1, -0.05) is 18.2 Å². The molecular formula is C20H23FN2O2. The Morgan fingerprint density at radius 3 is 2.36 bits per heavy atom. The van der Waals surface area contributed by atoms with Crippen molar-refractivity contribution in [3.05, 3.63) is 65.5 Å². The number of nitrogens with zero attached hydrogens (tertiary/aromatic N) is 1. The van der Waals surface area contributed by atoms with Gasteiger partial charge in [0.25, 0.3) is 5.91 Å². The molecular weight excluding hydrogens is 319 g/mol. The average molecular weight is 342 g/mol. The van der Waals surface area contributed by atoms with Crippen molar-refractivity contribution < 1.29 is 14.0 Å². The summed E-state index contributed by atoms with van der Waals surface area (Å²) in [6, 6.07) is 13.1. The first-order valence-corrected chi connectivity index (χ1v) is 8.47. The summed E-state index contributed by atoms with van der Waals surface area (Å²) in [7, 11) is 0. The number of benzene rings is 2. The van der Waals surface area contributed by atoms with Gasteiger partial charge in [-0.05, 0) is 56.2 Å². The van der Waals surface area contributed by atoms with Gasteiger partial charge < -0.3 is 10.2 Å². The third-order valence-corrected chi connectivity index (χ3v) is 4.00. The average Bonchev–Trinajstić information content (AvgIpc) is 2.62. The minimum absolute atomic E-state index is 0.0487. The molecule has 0 aliphatic carbocycles. The zero-order valence-corrected chi connectivity index (χ0v) is 14.6. The van der Waals surface area contributed by atoms with Crippen molar-refractivity contribution in [3.8, 4) is 0 Å². The lowest BCUT2D eigenvalue weighted by Crippen LogP contribution is -2.30. The van der Waals surface area contributed by atoms with Gasteiger partial charge >= 0.3 is 0 Å². The predicted molar refractivity (Wildman–Crippen MR) is 97.0 cm³/mol. The molecule has 132 valence electrons. The van der Waals surface area contributed by atoms with E-state index in [1.807, 2.05) is 13.8 Å². The number of hydrogen-bond acceptors (Lipinski definition) is 2. The fraction of sp³-hybridized carbons (Fsp3) is 0.300. The van der Waals surface area contributed by atoms with Crippen molar-refractivity contribution >= 4 is 17.5 Å². The molecule has 0 heterocycles. The maximum Gasteiger partial charge on any atom is 0.253 e. The van der Waals surface area contributed by atoms with Gasteiger partial charge in [0.1, 0.15) is 5.82 Å². The summed E-state index contributed by atoms with van der Waals surface area (Å²) in [5.41, 5.74) is 2.06. The van der Waals surface area contributed by atoms with Gasteiger partial charge in [-0.2, -0.15) is 0 Å². The number of anilines is 1. The van der Waals surface area contributed by atoms with Crippen molar-refractivity contribution in [1.29, 1.82) is 0 Å². The van der Waals surface area contributed by atoms with Crippen LogP contribution in [0, 0.1) is 5.82 Å². The molecule has 0 aliphatic heterocycles. The lowest BCUT2D eigenvalue weighted by atomic mass is 10.1. The lowest BCUT2D eigenvalue weighted by molar-refractivity contribution is -0.116. The Balaban J connectivity index is 1.95.